The van der Waals surface area contributed by atoms with Gasteiger partial charge < -0.3 is 14.2 Å². The molecule has 1 saturated heterocycles. The first kappa shape index (κ1) is 20.2. The highest BCUT2D eigenvalue weighted by Crippen LogP contribution is 2.32. The fourth-order valence-electron chi connectivity index (χ4n) is 4.22. The smallest absolute Gasteiger partial charge is 0.340 e. The van der Waals surface area contributed by atoms with Gasteiger partial charge in [0.05, 0.1) is 17.9 Å². The Morgan fingerprint density at radius 1 is 1.18 bits per heavy atom. The Morgan fingerprint density at radius 2 is 1.89 bits per heavy atom. The second kappa shape index (κ2) is 8.63. The molecule has 0 spiro atoms. The largest absolute Gasteiger partial charge is 0.462 e. The highest BCUT2D eigenvalue weighted by Gasteiger charge is 2.27. The second-order valence-electron chi connectivity index (χ2n) is 7.69. The second-order valence-corrected chi connectivity index (χ2v) is 7.69. The zero-order valence-corrected chi connectivity index (χ0v) is 17.3. The summed E-state index contributed by atoms with van der Waals surface area (Å²) in [6.45, 7) is 10.0. The third-order valence-electron chi connectivity index (χ3n) is 5.60. The predicted octanol–water partition coefficient (Wildman–Crippen LogP) is 4.21. The van der Waals surface area contributed by atoms with Crippen LogP contribution >= 0.6 is 0 Å². The predicted molar refractivity (Wildman–Crippen MR) is 110 cm³/mol. The van der Waals surface area contributed by atoms with E-state index in [1.807, 2.05) is 53.6 Å². The Bertz CT molecular complexity index is 854. The molecule has 1 aliphatic heterocycles. The summed E-state index contributed by atoms with van der Waals surface area (Å²) in [6, 6.07) is 9.94. The van der Waals surface area contributed by atoms with Crippen molar-refractivity contribution in [3.05, 3.63) is 47.2 Å². The number of amides is 1. The average Bonchev–Trinajstić information content (AvgIpc) is 2.92. The molecule has 1 aliphatic rings. The van der Waals surface area contributed by atoms with Crippen LogP contribution in [-0.2, 0) is 16.1 Å². The van der Waals surface area contributed by atoms with E-state index in [9.17, 15) is 9.59 Å². The van der Waals surface area contributed by atoms with Gasteiger partial charge in [-0.3, -0.25) is 4.79 Å². The third-order valence-corrected chi connectivity index (χ3v) is 5.60. The number of benzene rings is 1. The third kappa shape index (κ3) is 3.98. The molecule has 3 rings (SSSR count). The molecule has 1 atom stereocenters. The van der Waals surface area contributed by atoms with Gasteiger partial charge in [-0.1, -0.05) is 37.3 Å². The van der Waals surface area contributed by atoms with Gasteiger partial charge in [-0.05, 0) is 50.7 Å². The van der Waals surface area contributed by atoms with E-state index in [1.165, 1.54) is 6.42 Å². The molecule has 28 heavy (non-hydrogen) atoms. The first-order valence-corrected chi connectivity index (χ1v) is 10.1. The van der Waals surface area contributed by atoms with Crippen molar-refractivity contribution in [2.75, 3.05) is 19.7 Å². The summed E-state index contributed by atoms with van der Waals surface area (Å²) < 4.78 is 7.27. The van der Waals surface area contributed by atoms with Crippen molar-refractivity contribution in [1.29, 1.82) is 0 Å². The van der Waals surface area contributed by atoms with E-state index in [4.69, 9.17) is 4.74 Å². The van der Waals surface area contributed by atoms with Crippen LogP contribution in [-0.4, -0.2) is 41.0 Å². The van der Waals surface area contributed by atoms with Crippen LogP contribution in [0.25, 0.3) is 11.3 Å². The molecule has 2 heterocycles. The summed E-state index contributed by atoms with van der Waals surface area (Å²) in [5.74, 6) is 0.318. The number of piperidine rings is 1. The SMILES string of the molecule is CCOC(=O)c1c(C)c(-c2ccccc2)n(CC(=O)N2CCCC(C)C2)c1C. The molecule has 1 aromatic carbocycles. The molecule has 1 amide bonds. The van der Waals surface area contributed by atoms with Gasteiger partial charge in [0.25, 0.3) is 0 Å². The minimum atomic E-state index is -0.326. The van der Waals surface area contributed by atoms with Crippen molar-refractivity contribution in [2.24, 2.45) is 5.92 Å². The average molecular weight is 383 g/mol. The molecule has 1 fully saturated rings. The number of esters is 1. The number of likely N-dealkylation sites (tertiary alicyclic amines) is 1. The molecule has 1 unspecified atom stereocenters. The van der Waals surface area contributed by atoms with E-state index < -0.39 is 0 Å². The molecular weight excluding hydrogens is 352 g/mol. The summed E-state index contributed by atoms with van der Waals surface area (Å²) in [4.78, 5) is 27.6. The first-order chi connectivity index (χ1) is 13.4. The van der Waals surface area contributed by atoms with Crippen molar-refractivity contribution in [3.8, 4) is 11.3 Å². The maximum atomic E-state index is 13.1. The van der Waals surface area contributed by atoms with E-state index in [-0.39, 0.29) is 18.4 Å². The maximum Gasteiger partial charge on any atom is 0.340 e. The normalized spacial score (nSPS) is 16.9. The summed E-state index contributed by atoms with van der Waals surface area (Å²) in [5.41, 5.74) is 4.13. The molecule has 0 radical (unpaired) electrons. The summed E-state index contributed by atoms with van der Waals surface area (Å²) in [5, 5.41) is 0. The number of rotatable bonds is 5. The zero-order valence-electron chi connectivity index (χ0n) is 17.3. The van der Waals surface area contributed by atoms with Crippen LogP contribution < -0.4 is 0 Å². The van der Waals surface area contributed by atoms with Gasteiger partial charge in [-0.15, -0.1) is 0 Å². The highest BCUT2D eigenvalue weighted by atomic mass is 16.5. The van der Waals surface area contributed by atoms with Crippen LogP contribution in [0.4, 0.5) is 0 Å². The molecule has 5 nitrogen and oxygen atoms in total. The van der Waals surface area contributed by atoms with Crippen LogP contribution in [0.5, 0.6) is 0 Å². The number of hydrogen-bond donors (Lipinski definition) is 0. The van der Waals surface area contributed by atoms with Crippen molar-refractivity contribution < 1.29 is 14.3 Å². The number of ether oxygens (including phenoxy) is 1. The van der Waals surface area contributed by atoms with Crippen LogP contribution in [0.3, 0.4) is 0 Å². The lowest BCUT2D eigenvalue weighted by Crippen LogP contribution is -2.41. The first-order valence-electron chi connectivity index (χ1n) is 10.1. The lowest BCUT2D eigenvalue weighted by Gasteiger charge is -2.31. The Balaban J connectivity index is 2.02. The van der Waals surface area contributed by atoms with Gasteiger partial charge in [0.1, 0.15) is 6.54 Å². The fraction of sp³-hybridized carbons (Fsp3) is 0.478. The Hall–Kier alpha value is -2.56. The summed E-state index contributed by atoms with van der Waals surface area (Å²) in [7, 11) is 0. The minimum absolute atomic E-state index is 0.109. The van der Waals surface area contributed by atoms with E-state index >= 15 is 0 Å². The molecule has 1 aromatic heterocycles. The molecule has 0 bridgehead atoms. The van der Waals surface area contributed by atoms with Gasteiger partial charge >= 0.3 is 5.97 Å². The standard InChI is InChI=1S/C23H30N2O3/c1-5-28-23(27)21-17(3)22(19-11-7-6-8-12-19)25(18(21)4)15-20(26)24-13-9-10-16(2)14-24/h6-8,11-12,16H,5,9-10,13-15H2,1-4H3. The lowest BCUT2D eigenvalue weighted by atomic mass is 10.0. The Labute approximate surface area is 167 Å². The highest BCUT2D eigenvalue weighted by molar-refractivity contribution is 5.95. The Morgan fingerprint density at radius 3 is 2.54 bits per heavy atom. The fourth-order valence-corrected chi connectivity index (χ4v) is 4.22. The van der Waals surface area contributed by atoms with Crippen molar-refractivity contribution >= 4 is 11.9 Å². The van der Waals surface area contributed by atoms with Crippen molar-refractivity contribution in [2.45, 2.75) is 47.1 Å². The molecular formula is C23H30N2O3. The number of carbonyl (C=O) groups is 2. The van der Waals surface area contributed by atoms with Crippen LogP contribution in [0.15, 0.2) is 30.3 Å². The zero-order chi connectivity index (χ0) is 20.3. The summed E-state index contributed by atoms with van der Waals surface area (Å²) in [6.07, 6.45) is 2.23. The maximum absolute atomic E-state index is 13.1. The van der Waals surface area contributed by atoms with Crippen molar-refractivity contribution in [1.82, 2.24) is 9.47 Å². The van der Waals surface area contributed by atoms with Gasteiger partial charge in [0.15, 0.2) is 0 Å². The summed E-state index contributed by atoms with van der Waals surface area (Å²) >= 11 is 0. The molecule has 0 saturated carbocycles. The number of carbonyl (C=O) groups excluding carboxylic acids is 2. The van der Waals surface area contributed by atoms with E-state index in [2.05, 4.69) is 6.92 Å². The van der Waals surface area contributed by atoms with Crippen LogP contribution in [0, 0.1) is 19.8 Å². The Kier molecular flexibility index (Phi) is 6.22. The molecule has 150 valence electrons. The van der Waals surface area contributed by atoms with Gasteiger partial charge in [-0.2, -0.15) is 0 Å². The topological polar surface area (TPSA) is 51.5 Å². The van der Waals surface area contributed by atoms with E-state index in [0.29, 0.717) is 18.1 Å². The van der Waals surface area contributed by atoms with Crippen LogP contribution in [0.2, 0.25) is 0 Å². The molecule has 0 N–H and O–H groups in total. The lowest BCUT2D eigenvalue weighted by molar-refractivity contribution is -0.133. The minimum Gasteiger partial charge on any atom is -0.462 e. The molecule has 5 heteroatoms. The monoisotopic (exact) mass is 382 g/mol. The van der Waals surface area contributed by atoms with Gasteiger partial charge in [0.2, 0.25) is 5.91 Å². The number of aromatic nitrogens is 1. The van der Waals surface area contributed by atoms with Crippen molar-refractivity contribution in [3.63, 3.8) is 0 Å². The van der Waals surface area contributed by atoms with Gasteiger partial charge in [0, 0.05) is 18.8 Å². The van der Waals surface area contributed by atoms with E-state index in [0.717, 1.165) is 42.0 Å². The molecule has 2 aromatic rings. The number of hydrogen-bond acceptors (Lipinski definition) is 3. The quantitative estimate of drug-likeness (QED) is 0.728. The molecule has 0 aliphatic carbocycles. The van der Waals surface area contributed by atoms with Crippen LogP contribution in [0.1, 0.15) is 48.3 Å². The van der Waals surface area contributed by atoms with E-state index in [1.54, 1.807) is 6.92 Å². The number of nitrogens with zero attached hydrogens (tertiary/aromatic N) is 2. The van der Waals surface area contributed by atoms with Gasteiger partial charge in [-0.25, -0.2) is 4.79 Å².